The lowest BCUT2D eigenvalue weighted by Gasteiger charge is -2.34. The summed E-state index contributed by atoms with van der Waals surface area (Å²) in [4.78, 5) is 29.9. The molecule has 0 radical (unpaired) electrons. The Morgan fingerprint density at radius 3 is 2.59 bits per heavy atom. The number of aliphatic hydroxyl groups excluding tert-OH is 2. The van der Waals surface area contributed by atoms with Crippen molar-refractivity contribution in [2.45, 2.75) is 85.0 Å². The molecule has 0 aromatic carbocycles. The number of aromatic nitrogens is 1. The van der Waals surface area contributed by atoms with Crippen LogP contribution in [0.3, 0.4) is 0 Å². The van der Waals surface area contributed by atoms with E-state index in [9.17, 15) is 19.8 Å². The molecule has 0 spiro atoms. The zero-order valence-corrected chi connectivity index (χ0v) is 20.4. The van der Waals surface area contributed by atoms with Crippen LogP contribution in [0.15, 0.2) is 17.5 Å². The highest BCUT2D eigenvalue weighted by Crippen LogP contribution is 2.32. The normalized spacial score (nSPS) is 31.3. The summed E-state index contributed by atoms with van der Waals surface area (Å²) < 4.78 is 5.53. The first-order valence-corrected chi connectivity index (χ1v) is 12.1. The van der Waals surface area contributed by atoms with E-state index in [0.29, 0.717) is 12.1 Å². The maximum Gasteiger partial charge on any atom is 0.309 e. The molecule has 6 nitrogen and oxygen atoms in total. The Balaban J connectivity index is 2.23. The number of carbonyl (C=O) groups is 2. The standard InChI is InChI=1S/C25H35NO5S/c1-16-10-8-6-7-9-11-20(13-12-19-15-32-18(3)26-19)31-22(28)14-21(27)25(4,5)24(30)17(2)23(16)29/h7,9,15-17,20-21,23,27,29H,6,8,10-11,14H2,1-5H3/b9-7+/t16-,17+,20-,21-,23-/m0/s1. The summed E-state index contributed by atoms with van der Waals surface area (Å²) in [5.74, 6) is 4.35. The molecule has 0 bridgehead atoms. The van der Waals surface area contributed by atoms with Gasteiger partial charge >= 0.3 is 5.97 Å². The number of esters is 1. The smallest absolute Gasteiger partial charge is 0.309 e. The lowest BCUT2D eigenvalue weighted by atomic mass is 9.73. The van der Waals surface area contributed by atoms with Gasteiger partial charge in [-0.25, -0.2) is 4.98 Å². The van der Waals surface area contributed by atoms with Gasteiger partial charge in [-0.3, -0.25) is 9.59 Å². The number of rotatable bonds is 0. The summed E-state index contributed by atoms with van der Waals surface area (Å²) in [5.41, 5.74) is -0.567. The molecule has 1 aliphatic rings. The fourth-order valence-electron chi connectivity index (χ4n) is 3.80. The second-order valence-electron chi connectivity index (χ2n) is 9.20. The maximum atomic E-state index is 13.0. The SMILES string of the molecule is Cc1nc(C#C[C@@H]2C/C=C/CCC[C@H](C)[C@H](O)[C@@H](C)C(=O)C(C)(C)[C@@H](O)CC(=O)O2)cs1. The molecule has 0 aliphatic carbocycles. The largest absolute Gasteiger partial charge is 0.449 e. The lowest BCUT2D eigenvalue weighted by molar-refractivity contribution is -0.153. The Hall–Kier alpha value is -2.01. The number of Topliss-reactive ketones (excluding diaryl/α,β-unsaturated/α-hetero) is 1. The highest BCUT2D eigenvalue weighted by atomic mass is 32.1. The number of carbonyl (C=O) groups excluding carboxylic acids is 2. The van der Waals surface area contributed by atoms with E-state index >= 15 is 0 Å². The van der Waals surface area contributed by atoms with Gasteiger partial charge in [0, 0.05) is 17.7 Å². The molecule has 0 fully saturated rings. The monoisotopic (exact) mass is 461 g/mol. The molecule has 1 aromatic heterocycles. The van der Waals surface area contributed by atoms with E-state index in [4.69, 9.17) is 4.74 Å². The third-order valence-corrected chi connectivity index (χ3v) is 6.91. The van der Waals surface area contributed by atoms with Crippen molar-refractivity contribution in [3.05, 3.63) is 28.2 Å². The molecule has 1 aliphatic heterocycles. The Bertz CT molecular complexity index is 878. The number of aliphatic hydroxyl groups is 2. The summed E-state index contributed by atoms with van der Waals surface area (Å²) in [6.45, 7) is 8.73. The van der Waals surface area contributed by atoms with Crippen molar-refractivity contribution in [1.29, 1.82) is 0 Å². The predicted molar refractivity (Wildman–Crippen MR) is 125 cm³/mol. The number of thiazole rings is 1. The van der Waals surface area contributed by atoms with E-state index in [1.54, 1.807) is 20.8 Å². The number of hydrogen-bond acceptors (Lipinski definition) is 7. The number of ether oxygens (including phenoxy) is 1. The zero-order valence-electron chi connectivity index (χ0n) is 19.6. The molecule has 0 unspecified atom stereocenters. The first-order valence-electron chi connectivity index (χ1n) is 11.2. The average molecular weight is 462 g/mol. The van der Waals surface area contributed by atoms with Crippen LogP contribution < -0.4 is 0 Å². The quantitative estimate of drug-likeness (QED) is 0.346. The van der Waals surface area contributed by atoms with Gasteiger partial charge in [0.15, 0.2) is 6.10 Å². The molecule has 7 heteroatoms. The van der Waals surface area contributed by atoms with E-state index in [0.717, 1.165) is 24.3 Å². The Morgan fingerprint density at radius 2 is 1.94 bits per heavy atom. The van der Waals surface area contributed by atoms with Crippen molar-refractivity contribution in [3.63, 3.8) is 0 Å². The van der Waals surface area contributed by atoms with Gasteiger partial charge in [0.2, 0.25) is 0 Å². The summed E-state index contributed by atoms with van der Waals surface area (Å²) in [7, 11) is 0. The Morgan fingerprint density at radius 1 is 1.22 bits per heavy atom. The van der Waals surface area contributed by atoms with E-state index in [-0.39, 0.29) is 18.1 Å². The van der Waals surface area contributed by atoms with Crippen LogP contribution in [0.5, 0.6) is 0 Å². The van der Waals surface area contributed by atoms with E-state index in [1.165, 1.54) is 11.3 Å². The van der Waals surface area contributed by atoms with Crippen molar-refractivity contribution >= 4 is 23.1 Å². The molecule has 2 heterocycles. The zero-order chi connectivity index (χ0) is 23.9. The summed E-state index contributed by atoms with van der Waals surface area (Å²) >= 11 is 1.50. The molecular weight excluding hydrogens is 426 g/mol. The maximum absolute atomic E-state index is 13.0. The molecule has 176 valence electrons. The first-order chi connectivity index (χ1) is 15.0. The van der Waals surface area contributed by atoms with Crippen LogP contribution in [-0.4, -0.2) is 45.3 Å². The van der Waals surface area contributed by atoms with Gasteiger partial charge in [-0.05, 0) is 38.0 Å². The number of nitrogens with zero attached hydrogens (tertiary/aromatic N) is 1. The van der Waals surface area contributed by atoms with Crippen LogP contribution in [0.25, 0.3) is 0 Å². The minimum absolute atomic E-state index is 0.0478. The molecule has 32 heavy (non-hydrogen) atoms. The number of aryl methyl sites for hydroxylation is 1. The second-order valence-corrected chi connectivity index (χ2v) is 10.3. The van der Waals surface area contributed by atoms with Gasteiger partial charge in [0.05, 0.1) is 29.1 Å². The van der Waals surface area contributed by atoms with E-state index in [2.05, 4.69) is 16.8 Å². The topological polar surface area (TPSA) is 96.7 Å². The van der Waals surface area contributed by atoms with Gasteiger partial charge in [0.25, 0.3) is 0 Å². The molecule has 0 saturated heterocycles. The molecule has 0 amide bonds. The van der Waals surface area contributed by atoms with Crippen LogP contribution in [0, 0.1) is 36.0 Å². The average Bonchev–Trinajstić information content (AvgIpc) is 3.16. The van der Waals surface area contributed by atoms with Crippen LogP contribution in [-0.2, 0) is 14.3 Å². The number of hydrogen-bond donors (Lipinski definition) is 2. The predicted octanol–water partition coefficient (Wildman–Crippen LogP) is 3.82. The van der Waals surface area contributed by atoms with E-state index in [1.807, 2.05) is 31.4 Å². The van der Waals surface area contributed by atoms with Gasteiger partial charge in [0.1, 0.15) is 11.5 Å². The van der Waals surface area contributed by atoms with Crippen LogP contribution in [0.2, 0.25) is 0 Å². The molecule has 2 rings (SSSR count). The van der Waals surface area contributed by atoms with E-state index < -0.39 is 35.6 Å². The Kier molecular flexibility index (Phi) is 9.63. The minimum atomic E-state index is -1.23. The molecule has 0 saturated carbocycles. The highest BCUT2D eigenvalue weighted by Gasteiger charge is 2.42. The number of cyclic esters (lactones) is 1. The van der Waals surface area contributed by atoms with Crippen molar-refractivity contribution in [2.24, 2.45) is 17.3 Å². The fraction of sp³-hybridized carbons (Fsp3) is 0.640. The first kappa shape index (κ1) is 26.2. The second kappa shape index (κ2) is 11.7. The lowest BCUT2D eigenvalue weighted by Crippen LogP contribution is -2.45. The van der Waals surface area contributed by atoms with Crippen molar-refractivity contribution < 1.29 is 24.5 Å². The Labute approximate surface area is 195 Å². The number of ketones is 1. The fourth-order valence-corrected chi connectivity index (χ4v) is 4.34. The third-order valence-electron chi connectivity index (χ3n) is 6.14. The number of allylic oxidation sites excluding steroid dienone is 1. The molecule has 2 N–H and O–H groups in total. The van der Waals surface area contributed by atoms with Crippen LogP contribution in [0.1, 0.15) is 70.5 Å². The van der Waals surface area contributed by atoms with Crippen molar-refractivity contribution in [2.75, 3.05) is 0 Å². The summed E-state index contributed by atoms with van der Waals surface area (Å²) in [6.07, 6.45) is 3.85. The van der Waals surface area contributed by atoms with Crippen molar-refractivity contribution in [1.82, 2.24) is 4.98 Å². The van der Waals surface area contributed by atoms with Gasteiger partial charge in [-0.15, -0.1) is 11.3 Å². The van der Waals surface area contributed by atoms with Crippen LogP contribution >= 0.6 is 11.3 Å². The highest BCUT2D eigenvalue weighted by molar-refractivity contribution is 7.09. The molecular formula is C25H35NO5S. The molecule has 1 aromatic rings. The molecule has 5 atom stereocenters. The third kappa shape index (κ3) is 7.26. The minimum Gasteiger partial charge on any atom is -0.449 e. The van der Waals surface area contributed by atoms with Gasteiger partial charge < -0.3 is 14.9 Å². The van der Waals surface area contributed by atoms with Gasteiger partial charge in [-0.1, -0.05) is 45.8 Å². The van der Waals surface area contributed by atoms with Crippen LogP contribution in [0.4, 0.5) is 0 Å². The summed E-state index contributed by atoms with van der Waals surface area (Å²) in [6, 6.07) is 0. The van der Waals surface area contributed by atoms with Crippen molar-refractivity contribution in [3.8, 4) is 11.8 Å². The van der Waals surface area contributed by atoms with Gasteiger partial charge in [-0.2, -0.15) is 0 Å². The summed E-state index contributed by atoms with van der Waals surface area (Å²) in [5, 5.41) is 24.1.